The molecular formula is C22H25N3O3. The second kappa shape index (κ2) is 8.42. The molecule has 3 atom stereocenters. The molecule has 0 spiro atoms. The summed E-state index contributed by atoms with van der Waals surface area (Å²) in [6.07, 6.45) is 0. The molecule has 146 valence electrons. The molecule has 6 heteroatoms. The van der Waals surface area contributed by atoms with Crippen molar-refractivity contribution >= 4 is 5.91 Å². The average molecular weight is 379 g/mol. The SMILES string of the molecule is COc1ccccc1-c1ccccc1[C@H]1[C@@H](C#N)N(C(=O)CN(C)C)[C@H]1CO. The second-order valence-corrected chi connectivity index (χ2v) is 7.18. The number of nitriles is 1. The Morgan fingerprint density at radius 2 is 1.82 bits per heavy atom. The minimum absolute atomic E-state index is 0.151. The van der Waals surface area contributed by atoms with Crippen molar-refractivity contribution in [1.29, 1.82) is 5.26 Å². The smallest absolute Gasteiger partial charge is 0.238 e. The number of rotatable bonds is 6. The van der Waals surface area contributed by atoms with Crippen LogP contribution in [0.5, 0.6) is 5.75 Å². The Hall–Kier alpha value is -2.88. The molecule has 1 heterocycles. The van der Waals surface area contributed by atoms with E-state index in [-0.39, 0.29) is 25.0 Å². The Morgan fingerprint density at radius 3 is 2.43 bits per heavy atom. The van der Waals surface area contributed by atoms with Gasteiger partial charge in [0, 0.05) is 11.5 Å². The van der Waals surface area contributed by atoms with Crippen molar-refractivity contribution in [2.75, 3.05) is 34.4 Å². The van der Waals surface area contributed by atoms with E-state index < -0.39 is 12.1 Å². The van der Waals surface area contributed by atoms with Gasteiger partial charge in [0.1, 0.15) is 11.8 Å². The van der Waals surface area contributed by atoms with Crippen LogP contribution in [0.25, 0.3) is 11.1 Å². The first kappa shape index (κ1) is 19.9. The number of benzene rings is 2. The zero-order chi connectivity index (χ0) is 20.3. The highest BCUT2D eigenvalue weighted by Crippen LogP contribution is 2.45. The summed E-state index contributed by atoms with van der Waals surface area (Å²) in [6, 6.07) is 16.8. The third-order valence-corrected chi connectivity index (χ3v) is 5.19. The first-order valence-electron chi connectivity index (χ1n) is 9.22. The second-order valence-electron chi connectivity index (χ2n) is 7.18. The maximum Gasteiger partial charge on any atom is 0.238 e. The first-order chi connectivity index (χ1) is 13.5. The molecule has 2 aromatic rings. The number of nitrogens with zero attached hydrogens (tertiary/aromatic N) is 3. The van der Waals surface area contributed by atoms with Crippen LogP contribution in [0.4, 0.5) is 0 Å². The number of likely N-dealkylation sites (N-methyl/N-ethyl adjacent to an activating group) is 1. The van der Waals surface area contributed by atoms with E-state index in [9.17, 15) is 15.2 Å². The Balaban J connectivity index is 2.02. The lowest BCUT2D eigenvalue weighted by Gasteiger charge is -2.52. The van der Waals surface area contributed by atoms with Gasteiger partial charge in [-0.25, -0.2) is 0 Å². The van der Waals surface area contributed by atoms with E-state index in [0.29, 0.717) is 0 Å². The summed E-state index contributed by atoms with van der Waals surface area (Å²) < 4.78 is 5.51. The molecule has 1 saturated heterocycles. The van der Waals surface area contributed by atoms with Crippen LogP contribution in [0, 0.1) is 11.3 Å². The number of aliphatic hydroxyl groups is 1. The molecule has 0 saturated carbocycles. The van der Waals surface area contributed by atoms with Crippen LogP contribution in [0.2, 0.25) is 0 Å². The molecule has 1 aliphatic heterocycles. The summed E-state index contributed by atoms with van der Waals surface area (Å²) in [4.78, 5) is 15.9. The Kier molecular flexibility index (Phi) is 5.98. The number of amides is 1. The van der Waals surface area contributed by atoms with Gasteiger partial charge in [0.2, 0.25) is 5.91 Å². The van der Waals surface area contributed by atoms with Gasteiger partial charge in [-0.1, -0.05) is 42.5 Å². The van der Waals surface area contributed by atoms with Crippen LogP contribution < -0.4 is 4.74 Å². The highest BCUT2D eigenvalue weighted by Gasteiger charge is 2.52. The van der Waals surface area contributed by atoms with E-state index in [4.69, 9.17) is 4.74 Å². The highest BCUT2D eigenvalue weighted by molar-refractivity contribution is 5.82. The molecule has 6 nitrogen and oxygen atoms in total. The lowest BCUT2D eigenvalue weighted by atomic mass is 9.73. The van der Waals surface area contributed by atoms with E-state index in [1.807, 2.05) is 62.6 Å². The zero-order valence-electron chi connectivity index (χ0n) is 16.4. The molecule has 28 heavy (non-hydrogen) atoms. The van der Waals surface area contributed by atoms with Gasteiger partial charge < -0.3 is 19.6 Å². The Bertz CT molecular complexity index is 891. The minimum atomic E-state index is -0.611. The number of ether oxygens (including phenoxy) is 1. The van der Waals surface area contributed by atoms with Crippen LogP contribution >= 0.6 is 0 Å². The number of likely N-dealkylation sites (tertiary alicyclic amines) is 1. The number of methoxy groups -OCH3 is 1. The number of para-hydroxylation sites is 1. The molecule has 3 rings (SSSR count). The number of carbonyl (C=O) groups excluding carboxylic acids is 1. The normalized spacial score (nSPS) is 21.1. The maximum absolute atomic E-state index is 12.6. The zero-order valence-corrected chi connectivity index (χ0v) is 16.4. The summed E-state index contributed by atoms with van der Waals surface area (Å²) >= 11 is 0. The summed E-state index contributed by atoms with van der Waals surface area (Å²) in [5.74, 6) is 0.327. The third-order valence-electron chi connectivity index (χ3n) is 5.19. The van der Waals surface area contributed by atoms with Gasteiger partial charge in [0.25, 0.3) is 0 Å². The van der Waals surface area contributed by atoms with E-state index in [2.05, 4.69) is 6.07 Å². The predicted molar refractivity (Wildman–Crippen MR) is 107 cm³/mol. The summed E-state index contributed by atoms with van der Waals surface area (Å²) in [5.41, 5.74) is 2.81. The number of hydrogen-bond donors (Lipinski definition) is 1. The van der Waals surface area contributed by atoms with Crippen molar-refractivity contribution in [1.82, 2.24) is 9.80 Å². The van der Waals surface area contributed by atoms with E-state index in [0.717, 1.165) is 22.4 Å². The lowest BCUT2D eigenvalue weighted by molar-refractivity contribution is -0.147. The molecule has 2 aromatic carbocycles. The van der Waals surface area contributed by atoms with Crippen LogP contribution in [0.3, 0.4) is 0 Å². The highest BCUT2D eigenvalue weighted by atomic mass is 16.5. The van der Waals surface area contributed by atoms with Crippen molar-refractivity contribution in [3.05, 3.63) is 54.1 Å². The van der Waals surface area contributed by atoms with Crippen LogP contribution in [-0.2, 0) is 4.79 Å². The van der Waals surface area contributed by atoms with Crippen LogP contribution in [0.15, 0.2) is 48.5 Å². The van der Waals surface area contributed by atoms with Crippen molar-refractivity contribution in [2.24, 2.45) is 0 Å². The van der Waals surface area contributed by atoms with Crippen molar-refractivity contribution in [2.45, 2.75) is 18.0 Å². The van der Waals surface area contributed by atoms with Gasteiger partial charge in [-0.2, -0.15) is 5.26 Å². The van der Waals surface area contributed by atoms with E-state index in [1.165, 1.54) is 4.90 Å². The minimum Gasteiger partial charge on any atom is -0.496 e. The maximum atomic E-state index is 12.6. The third kappa shape index (κ3) is 3.47. The van der Waals surface area contributed by atoms with Gasteiger partial charge >= 0.3 is 0 Å². The number of carbonyl (C=O) groups is 1. The molecule has 1 amide bonds. The molecule has 0 radical (unpaired) electrons. The number of aliphatic hydroxyl groups excluding tert-OH is 1. The van der Waals surface area contributed by atoms with Gasteiger partial charge in [0.15, 0.2) is 0 Å². The predicted octanol–water partition coefficient (Wildman–Crippen LogP) is 2.10. The van der Waals surface area contributed by atoms with Gasteiger partial charge in [-0.3, -0.25) is 4.79 Å². The van der Waals surface area contributed by atoms with Crippen molar-refractivity contribution in [3.63, 3.8) is 0 Å². The first-order valence-corrected chi connectivity index (χ1v) is 9.22. The molecule has 1 fully saturated rings. The number of hydrogen-bond acceptors (Lipinski definition) is 5. The monoisotopic (exact) mass is 379 g/mol. The Labute approximate surface area is 165 Å². The molecule has 0 bridgehead atoms. The van der Waals surface area contributed by atoms with Crippen molar-refractivity contribution < 1.29 is 14.6 Å². The fourth-order valence-corrected chi connectivity index (χ4v) is 3.98. The van der Waals surface area contributed by atoms with Gasteiger partial charge in [0.05, 0.1) is 32.4 Å². The van der Waals surface area contributed by atoms with E-state index in [1.54, 1.807) is 12.0 Å². The standard InChI is InChI=1S/C22H25N3O3/c1-24(2)13-21(27)25-18(12-23)22(19(25)14-26)17-10-5-4-8-15(17)16-9-6-7-11-20(16)28-3/h4-11,18-19,22,26H,13-14H2,1-3H3/t18-,19+,22+/m1/s1. The Morgan fingerprint density at radius 1 is 1.18 bits per heavy atom. The topological polar surface area (TPSA) is 76.8 Å². The van der Waals surface area contributed by atoms with Crippen LogP contribution in [-0.4, -0.2) is 67.3 Å². The lowest BCUT2D eigenvalue weighted by Crippen LogP contribution is -2.66. The molecule has 0 aromatic heterocycles. The fourth-order valence-electron chi connectivity index (χ4n) is 3.98. The van der Waals surface area contributed by atoms with Crippen LogP contribution in [0.1, 0.15) is 11.5 Å². The molecule has 1 N–H and O–H groups in total. The fraction of sp³-hybridized carbons (Fsp3) is 0.364. The quantitative estimate of drug-likeness (QED) is 0.832. The molecule has 0 aliphatic carbocycles. The molecular weight excluding hydrogens is 354 g/mol. The largest absolute Gasteiger partial charge is 0.496 e. The molecule has 0 unspecified atom stereocenters. The van der Waals surface area contributed by atoms with E-state index >= 15 is 0 Å². The summed E-state index contributed by atoms with van der Waals surface area (Å²) in [7, 11) is 5.24. The summed E-state index contributed by atoms with van der Waals surface area (Å²) in [5, 5.41) is 19.8. The average Bonchev–Trinajstić information content (AvgIpc) is 2.67. The summed E-state index contributed by atoms with van der Waals surface area (Å²) in [6.45, 7) is 0.0117. The molecule has 1 aliphatic rings. The van der Waals surface area contributed by atoms with Gasteiger partial charge in [-0.05, 0) is 31.3 Å². The van der Waals surface area contributed by atoms with Crippen molar-refractivity contribution in [3.8, 4) is 22.9 Å². The van der Waals surface area contributed by atoms with Gasteiger partial charge in [-0.15, -0.1) is 0 Å².